The lowest BCUT2D eigenvalue weighted by atomic mass is 10.2. The van der Waals surface area contributed by atoms with Crippen molar-refractivity contribution in [1.29, 1.82) is 0 Å². The van der Waals surface area contributed by atoms with E-state index in [1.165, 1.54) is 36.4 Å². The quantitative estimate of drug-likeness (QED) is 0.107. The second kappa shape index (κ2) is 14.7. The molecule has 4 N–H and O–H groups in total. The zero-order valence-electron chi connectivity index (χ0n) is 27.5. The maximum Gasteiger partial charge on any atom is 0.339 e. The molecule has 0 aliphatic heterocycles. The number of hydrogen-bond donors (Lipinski definition) is 4. The van der Waals surface area contributed by atoms with E-state index in [9.17, 15) is 26.4 Å². The third-order valence-electron chi connectivity index (χ3n) is 7.22. The molecule has 0 spiro atoms. The van der Waals surface area contributed by atoms with E-state index in [0.717, 1.165) is 11.1 Å². The molecular formula is C36H34N4O8S2. The molecule has 50 heavy (non-hydrogen) atoms. The van der Waals surface area contributed by atoms with Crippen molar-refractivity contribution in [2.75, 3.05) is 21.3 Å². The Kier molecular flexibility index (Phi) is 10.4. The summed E-state index contributed by atoms with van der Waals surface area (Å²) in [7, 11) is -8.20. The van der Waals surface area contributed by atoms with Crippen molar-refractivity contribution in [2.45, 2.75) is 37.5 Å². The molecule has 0 atom stereocenters. The first-order chi connectivity index (χ1) is 23.7. The van der Waals surface area contributed by atoms with E-state index in [4.69, 9.17) is 8.37 Å². The molecule has 0 aliphatic rings. The first-order valence-electron chi connectivity index (χ1n) is 15.2. The average Bonchev–Trinajstić information content (AvgIpc) is 3.04. The number of carbonyl (C=O) groups excluding carboxylic acids is 2. The van der Waals surface area contributed by atoms with Gasteiger partial charge in [0.15, 0.2) is 0 Å². The molecule has 12 nitrogen and oxygen atoms in total. The minimum atomic E-state index is -4.10. The number of rotatable bonds is 10. The van der Waals surface area contributed by atoms with E-state index in [1.807, 2.05) is 12.1 Å². The molecular weight excluding hydrogens is 681 g/mol. The highest BCUT2D eigenvalue weighted by atomic mass is 32.2. The summed E-state index contributed by atoms with van der Waals surface area (Å²) in [5, 5.41) is 10.6. The molecule has 0 saturated heterocycles. The van der Waals surface area contributed by atoms with Crippen LogP contribution < -0.4 is 29.6 Å². The monoisotopic (exact) mass is 714 g/mol. The Bertz CT molecular complexity index is 2130. The Morgan fingerprint density at radius 2 is 0.820 bits per heavy atom. The largest absolute Gasteiger partial charge is 0.379 e. The Morgan fingerprint density at radius 1 is 0.460 bits per heavy atom. The van der Waals surface area contributed by atoms with Gasteiger partial charge in [0.1, 0.15) is 21.3 Å². The van der Waals surface area contributed by atoms with Crippen molar-refractivity contribution in [1.82, 2.24) is 0 Å². The highest BCUT2D eigenvalue weighted by Crippen LogP contribution is 2.26. The average molecular weight is 715 g/mol. The van der Waals surface area contributed by atoms with E-state index >= 15 is 0 Å². The second-order valence-corrected chi connectivity index (χ2v) is 14.4. The third kappa shape index (κ3) is 9.18. The van der Waals surface area contributed by atoms with Crippen LogP contribution in [0.1, 0.15) is 22.3 Å². The second-order valence-electron chi connectivity index (χ2n) is 11.4. The predicted molar refractivity (Wildman–Crippen MR) is 192 cm³/mol. The number of anilines is 4. The molecule has 0 aromatic heterocycles. The smallest absolute Gasteiger partial charge is 0.339 e. The predicted octanol–water partition coefficient (Wildman–Crippen LogP) is 7.74. The number of urea groups is 2. The Labute approximate surface area is 290 Å². The molecule has 0 unspecified atom stereocenters. The van der Waals surface area contributed by atoms with Gasteiger partial charge in [0, 0.05) is 34.9 Å². The van der Waals surface area contributed by atoms with Crippen molar-refractivity contribution >= 4 is 55.0 Å². The van der Waals surface area contributed by atoms with Crippen LogP contribution in [-0.2, 0) is 20.2 Å². The first-order valence-corrected chi connectivity index (χ1v) is 18.0. The van der Waals surface area contributed by atoms with Crippen LogP contribution in [0.5, 0.6) is 11.5 Å². The number of hydrogen-bond acceptors (Lipinski definition) is 8. The van der Waals surface area contributed by atoms with Gasteiger partial charge in [-0.05, 0) is 111 Å². The minimum absolute atomic E-state index is 0.0269. The summed E-state index contributed by atoms with van der Waals surface area (Å²) in [6.07, 6.45) is 0. The number of benzene rings is 5. The van der Waals surface area contributed by atoms with E-state index in [2.05, 4.69) is 21.3 Å². The van der Waals surface area contributed by atoms with Crippen LogP contribution in [0.4, 0.5) is 32.3 Å². The van der Waals surface area contributed by atoms with E-state index < -0.39 is 32.3 Å². The molecule has 0 heterocycles. The fourth-order valence-corrected chi connectivity index (χ4v) is 7.25. The lowest BCUT2D eigenvalue weighted by Crippen LogP contribution is -2.20. The van der Waals surface area contributed by atoms with Crippen molar-refractivity contribution in [3.05, 3.63) is 131 Å². The highest BCUT2D eigenvalue weighted by molar-refractivity contribution is 7.87. The molecule has 0 aliphatic carbocycles. The molecule has 0 saturated carbocycles. The van der Waals surface area contributed by atoms with Gasteiger partial charge in [0.2, 0.25) is 0 Å². The lowest BCUT2D eigenvalue weighted by Gasteiger charge is -2.13. The van der Waals surface area contributed by atoms with Crippen LogP contribution in [0.25, 0.3) is 0 Å². The Hall–Kier alpha value is -5.86. The molecule has 5 aromatic rings. The molecule has 0 radical (unpaired) electrons. The molecule has 5 aromatic carbocycles. The highest BCUT2D eigenvalue weighted by Gasteiger charge is 2.21. The molecule has 258 valence electrons. The number of aryl methyl sites for hydroxylation is 4. The summed E-state index contributed by atoms with van der Waals surface area (Å²) in [5.74, 6) is 0.0538. The fraction of sp³-hybridized carbons (Fsp3) is 0.111. The summed E-state index contributed by atoms with van der Waals surface area (Å²) in [5.41, 5.74) is 4.05. The van der Waals surface area contributed by atoms with Gasteiger partial charge in [0.25, 0.3) is 0 Å². The van der Waals surface area contributed by atoms with Gasteiger partial charge >= 0.3 is 32.3 Å². The Morgan fingerprint density at radius 3 is 1.20 bits per heavy atom. The summed E-state index contributed by atoms with van der Waals surface area (Å²) in [6.45, 7) is 6.93. The maximum atomic E-state index is 12.9. The van der Waals surface area contributed by atoms with Gasteiger partial charge in [-0.15, -0.1) is 0 Å². The van der Waals surface area contributed by atoms with Gasteiger partial charge in [-0.2, -0.15) is 16.8 Å². The van der Waals surface area contributed by atoms with Gasteiger partial charge < -0.3 is 29.6 Å². The van der Waals surface area contributed by atoms with Crippen LogP contribution in [0, 0.1) is 27.7 Å². The van der Waals surface area contributed by atoms with Gasteiger partial charge in [-0.25, -0.2) is 9.59 Å². The Balaban J connectivity index is 1.14. The standard InChI is InChI=1S/C36H34N4O8S2/c1-23-11-13-25(3)33(19-23)49(43,44)47-31-9-5-7-29(21-31)39-35(41)37-27-15-17-28(18-16-27)38-36(42)40-30-8-6-10-32(22-30)48-50(45,46)34-20-24(2)12-14-26(34)4/h5-22H,1-4H3,(H2,37,39,41)(H2,38,40,42). The molecule has 14 heteroatoms. The molecule has 4 amide bonds. The lowest BCUT2D eigenvalue weighted by molar-refractivity contribution is 0.261. The fourth-order valence-electron chi connectivity index (χ4n) is 4.77. The van der Waals surface area contributed by atoms with Gasteiger partial charge in [-0.1, -0.05) is 36.4 Å². The normalized spacial score (nSPS) is 11.3. The summed E-state index contributed by atoms with van der Waals surface area (Å²) >= 11 is 0. The van der Waals surface area contributed by atoms with Crippen molar-refractivity contribution < 1.29 is 34.8 Å². The summed E-state index contributed by atoms with van der Waals surface area (Å²) < 4.78 is 62.2. The van der Waals surface area contributed by atoms with Crippen molar-refractivity contribution in [3.63, 3.8) is 0 Å². The van der Waals surface area contributed by atoms with Crippen LogP contribution in [-0.4, -0.2) is 28.9 Å². The SMILES string of the molecule is Cc1ccc(C)c(S(=O)(=O)Oc2cccc(NC(=O)Nc3ccc(NC(=O)Nc4cccc(OS(=O)(=O)c5cc(C)ccc5C)c4)cc3)c2)c1. The third-order valence-corrected chi connectivity index (χ3v) is 10.0. The number of nitrogens with one attached hydrogen (secondary N) is 4. The molecule has 0 fully saturated rings. The maximum absolute atomic E-state index is 12.9. The summed E-state index contributed by atoms with van der Waals surface area (Å²) in [4.78, 5) is 25.5. The molecule has 0 bridgehead atoms. The van der Waals surface area contributed by atoms with Gasteiger partial charge in [-0.3, -0.25) is 0 Å². The van der Waals surface area contributed by atoms with Crippen LogP contribution in [0.3, 0.4) is 0 Å². The van der Waals surface area contributed by atoms with Crippen LogP contribution in [0.2, 0.25) is 0 Å². The van der Waals surface area contributed by atoms with Gasteiger partial charge in [0.05, 0.1) is 0 Å². The topological polar surface area (TPSA) is 169 Å². The van der Waals surface area contributed by atoms with E-state index in [1.54, 1.807) is 88.4 Å². The van der Waals surface area contributed by atoms with E-state index in [-0.39, 0.29) is 21.3 Å². The van der Waals surface area contributed by atoms with Crippen LogP contribution in [0.15, 0.2) is 119 Å². The number of carbonyl (C=O) groups is 2. The minimum Gasteiger partial charge on any atom is -0.379 e. The van der Waals surface area contributed by atoms with E-state index in [0.29, 0.717) is 33.9 Å². The van der Waals surface area contributed by atoms with Crippen LogP contribution >= 0.6 is 0 Å². The number of amides is 4. The molecule has 5 rings (SSSR count). The zero-order chi connectivity index (χ0) is 36.1. The zero-order valence-corrected chi connectivity index (χ0v) is 29.1. The van der Waals surface area contributed by atoms with Crippen molar-refractivity contribution in [3.8, 4) is 11.5 Å². The first kappa shape index (κ1) is 35.4. The van der Waals surface area contributed by atoms with Crippen molar-refractivity contribution in [2.24, 2.45) is 0 Å². The summed E-state index contributed by atoms with van der Waals surface area (Å²) in [6, 6.07) is 27.1.